The molecule has 0 heterocycles. The van der Waals surface area contributed by atoms with E-state index >= 15 is 0 Å². The van der Waals surface area contributed by atoms with Gasteiger partial charge >= 0.3 is 0 Å². The van der Waals surface area contributed by atoms with E-state index < -0.39 is 0 Å². The molecular weight excluding hydrogens is 246 g/mol. The highest BCUT2D eigenvalue weighted by Gasteiger charge is 2.05. The molecule has 106 valence electrons. The van der Waals surface area contributed by atoms with Gasteiger partial charge in [-0.3, -0.25) is 4.79 Å². The van der Waals surface area contributed by atoms with Gasteiger partial charge in [0.15, 0.2) is 0 Å². The van der Waals surface area contributed by atoms with Crippen molar-refractivity contribution in [3.63, 3.8) is 0 Å². The topological polar surface area (TPSA) is 93.3 Å². The van der Waals surface area contributed by atoms with Crippen molar-refractivity contribution in [3.8, 4) is 0 Å². The van der Waals surface area contributed by atoms with E-state index in [-0.39, 0.29) is 11.4 Å². The van der Waals surface area contributed by atoms with Crippen LogP contribution in [0.15, 0.2) is 29.4 Å². The zero-order valence-electron chi connectivity index (χ0n) is 11.3. The van der Waals surface area contributed by atoms with Gasteiger partial charge in [-0.05, 0) is 42.5 Å². The van der Waals surface area contributed by atoms with Crippen LogP contribution in [0.2, 0.25) is 0 Å². The van der Waals surface area contributed by atoms with Gasteiger partial charge in [0, 0.05) is 18.7 Å². The third-order valence-corrected chi connectivity index (χ3v) is 2.84. The number of carbonyl (C=O) groups excluding carboxylic acids is 1. The summed E-state index contributed by atoms with van der Waals surface area (Å²) >= 11 is 0. The van der Waals surface area contributed by atoms with Gasteiger partial charge in [0.2, 0.25) is 0 Å². The second-order valence-electron chi connectivity index (χ2n) is 3.92. The van der Waals surface area contributed by atoms with Crippen LogP contribution < -0.4 is 5.32 Å². The van der Waals surface area contributed by atoms with Crippen molar-refractivity contribution in [2.45, 2.75) is 13.8 Å². The van der Waals surface area contributed by atoms with E-state index in [2.05, 4.69) is 29.2 Å². The van der Waals surface area contributed by atoms with E-state index in [9.17, 15) is 9.70 Å². The monoisotopic (exact) mass is 267 g/mol. The Balaban J connectivity index is 0.00000324. The van der Waals surface area contributed by atoms with E-state index in [1.54, 1.807) is 12.1 Å². The third kappa shape index (κ3) is 5.58. The summed E-state index contributed by atoms with van der Waals surface area (Å²) in [5.74, 6) is -0.125. The average molecular weight is 267 g/mol. The standard InChI is InChI=1S/C13H19N3O2.H2O/c1-3-16(4-2)10-9-14-13(17)11-5-7-12(15-18)8-6-11;/h5-8H,3-4,9-10H2,1-2H3,(H,14,17);1H2. The van der Waals surface area contributed by atoms with Crippen molar-refractivity contribution < 1.29 is 10.3 Å². The Morgan fingerprint density at radius 3 is 2.26 bits per heavy atom. The minimum absolute atomic E-state index is 0. The number of nitrogens with one attached hydrogen (secondary N) is 1. The number of amides is 1. The lowest BCUT2D eigenvalue weighted by molar-refractivity contribution is 0.0949. The molecule has 1 rings (SSSR count). The molecule has 0 aliphatic carbocycles. The molecule has 0 fully saturated rings. The summed E-state index contributed by atoms with van der Waals surface area (Å²) in [4.78, 5) is 24.2. The highest BCUT2D eigenvalue weighted by atomic mass is 16.3. The Hall–Kier alpha value is -1.79. The van der Waals surface area contributed by atoms with Crippen LogP contribution in [0, 0.1) is 4.91 Å². The summed E-state index contributed by atoms with van der Waals surface area (Å²) in [6.45, 7) is 7.60. The van der Waals surface area contributed by atoms with E-state index in [0.29, 0.717) is 17.8 Å². The molecule has 3 N–H and O–H groups in total. The van der Waals surface area contributed by atoms with Crippen LogP contribution in [-0.4, -0.2) is 42.5 Å². The lowest BCUT2D eigenvalue weighted by atomic mass is 10.2. The van der Waals surface area contributed by atoms with Crippen molar-refractivity contribution in [3.05, 3.63) is 34.7 Å². The summed E-state index contributed by atoms with van der Waals surface area (Å²) in [5, 5.41) is 5.64. The highest BCUT2D eigenvalue weighted by molar-refractivity contribution is 5.94. The van der Waals surface area contributed by atoms with Crippen molar-refractivity contribution in [2.24, 2.45) is 5.18 Å². The Morgan fingerprint density at radius 2 is 1.79 bits per heavy atom. The summed E-state index contributed by atoms with van der Waals surface area (Å²) in [6, 6.07) is 6.27. The second kappa shape index (κ2) is 9.18. The molecule has 1 amide bonds. The first-order chi connectivity index (χ1) is 8.71. The van der Waals surface area contributed by atoms with Crippen molar-refractivity contribution in [1.82, 2.24) is 10.2 Å². The molecule has 0 saturated heterocycles. The fourth-order valence-electron chi connectivity index (χ4n) is 1.64. The number of benzene rings is 1. The van der Waals surface area contributed by atoms with Crippen LogP contribution in [-0.2, 0) is 0 Å². The van der Waals surface area contributed by atoms with Crippen LogP contribution in [0.1, 0.15) is 24.2 Å². The number of rotatable bonds is 7. The molecule has 0 radical (unpaired) electrons. The average Bonchev–Trinajstić information content (AvgIpc) is 2.43. The SMILES string of the molecule is CCN(CC)CCNC(=O)c1ccc(N=O)cc1.O. The molecule has 1 aromatic carbocycles. The van der Waals surface area contributed by atoms with Crippen LogP contribution in [0.25, 0.3) is 0 Å². The van der Waals surface area contributed by atoms with E-state index in [0.717, 1.165) is 19.6 Å². The number of hydrogen-bond donors (Lipinski definition) is 1. The molecule has 19 heavy (non-hydrogen) atoms. The molecule has 0 unspecified atom stereocenters. The molecule has 0 saturated carbocycles. The fraction of sp³-hybridized carbons (Fsp3) is 0.462. The summed E-state index contributed by atoms with van der Waals surface area (Å²) < 4.78 is 0. The maximum atomic E-state index is 11.8. The van der Waals surface area contributed by atoms with Gasteiger partial charge in [-0.25, -0.2) is 0 Å². The van der Waals surface area contributed by atoms with Crippen molar-refractivity contribution in [2.75, 3.05) is 26.2 Å². The first-order valence-corrected chi connectivity index (χ1v) is 6.15. The van der Waals surface area contributed by atoms with Gasteiger partial charge in [-0.15, -0.1) is 4.91 Å². The Bertz CT molecular complexity index is 389. The molecular formula is C13H21N3O3. The van der Waals surface area contributed by atoms with Crippen LogP contribution in [0.5, 0.6) is 0 Å². The normalized spacial score (nSPS) is 9.84. The lowest BCUT2D eigenvalue weighted by Gasteiger charge is -2.17. The van der Waals surface area contributed by atoms with Gasteiger partial charge in [0.1, 0.15) is 5.69 Å². The van der Waals surface area contributed by atoms with Gasteiger partial charge in [0.25, 0.3) is 5.91 Å². The maximum absolute atomic E-state index is 11.8. The third-order valence-electron chi connectivity index (χ3n) is 2.84. The Kier molecular flexibility index (Phi) is 8.32. The predicted octanol–water partition coefficient (Wildman–Crippen LogP) is 1.33. The second-order valence-corrected chi connectivity index (χ2v) is 3.92. The Morgan fingerprint density at radius 1 is 1.21 bits per heavy atom. The van der Waals surface area contributed by atoms with Crippen LogP contribution in [0.4, 0.5) is 5.69 Å². The van der Waals surface area contributed by atoms with E-state index in [1.807, 2.05) is 0 Å². The molecule has 6 nitrogen and oxygen atoms in total. The smallest absolute Gasteiger partial charge is 0.251 e. The van der Waals surface area contributed by atoms with Crippen LogP contribution in [0.3, 0.4) is 0 Å². The summed E-state index contributed by atoms with van der Waals surface area (Å²) in [6.07, 6.45) is 0. The number of likely N-dealkylation sites (N-methyl/N-ethyl adjacent to an activating group) is 1. The zero-order chi connectivity index (χ0) is 13.4. The molecule has 0 spiro atoms. The van der Waals surface area contributed by atoms with E-state index in [4.69, 9.17) is 0 Å². The van der Waals surface area contributed by atoms with Crippen molar-refractivity contribution >= 4 is 11.6 Å². The fourth-order valence-corrected chi connectivity index (χ4v) is 1.64. The molecule has 1 aromatic rings. The number of hydrogen-bond acceptors (Lipinski definition) is 4. The first-order valence-electron chi connectivity index (χ1n) is 6.15. The van der Waals surface area contributed by atoms with Crippen molar-refractivity contribution in [1.29, 1.82) is 0 Å². The molecule has 0 aliphatic rings. The minimum Gasteiger partial charge on any atom is -0.412 e. The van der Waals surface area contributed by atoms with Gasteiger partial charge in [-0.1, -0.05) is 13.8 Å². The molecule has 0 aliphatic heterocycles. The van der Waals surface area contributed by atoms with E-state index in [1.165, 1.54) is 12.1 Å². The summed E-state index contributed by atoms with van der Waals surface area (Å²) in [5.41, 5.74) is 0.872. The quantitative estimate of drug-likeness (QED) is 0.755. The van der Waals surface area contributed by atoms with Crippen LogP contribution >= 0.6 is 0 Å². The number of nitrogens with zero attached hydrogens (tertiary/aromatic N) is 2. The summed E-state index contributed by atoms with van der Waals surface area (Å²) in [7, 11) is 0. The molecule has 6 heteroatoms. The van der Waals surface area contributed by atoms with Gasteiger partial charge in [0.05, 0.1) is 0 Å². The number of carbonyl (C=O) groups is 1. The number of nitroso groups, excluding NO2 is 1. The highest BCUT2D eigenvalue weighted by Crippen LogP contribution is 2.11. The lowest BCUT2D eigenvalue weighted by Crippen LogP contribution is -2.34. The van der Waals surface area contributed by atoms with Gasteiger partial charge in [-0.2, -0.15) is 0 Å². The Labute approximate surface area is 113 Å². The minimum atomic E-state index is -0.125. The van der Waals surface area contributed by atoms with Gasteiger partial charge < -0.3 is 15.7 Å². The molecule has 0 bridgehead atoms. The zero-order valence-corrected chi connectivity index (χ0v) is 11.3. The first kappa shape index (κ1) is 17.2. The maximum Gasteiger partial charge on any atom is 0.251 e. The predicted molar refractivity (Wildman–Crippen MR) is 75.6 cm³/mol. The molecule has 0 atom stereocenters. The largest absolute Gasteiger partial charge is 0.412 e. The molecule has 0 aromatic heterocycles.